The molecule has 0 aliphatic rings. The van der Waals surface area contributed by atoms with Crippen LogP contribution in [0.15, 0.2) is 0 Å². The quantitative estimate of drug-likeness (QED) is 0.343. The van der Waals surface area contributed by atoms with Gasteiger partial charge in [0.05, 0.1) is 0 Å². The third-order valence-electron chi connectivity index (χ3n) is 0. The Balaban J connectivity index is 0. The van der Waals surface area contributed by atoms with E-state index < -0.39 is 0 Å². The van der Waals surface area contributed by atoms with Gasteiger partial charge in [-0.25, -0.2) is 0 Å². The Hall–Kier alpha value is 4.15. The molecule has 0 unspecified atom stereocenters. The Morgan fingerprint density at radius 2 is 0.625 bits per heavy atom. The second-order valence-corrected chi connectivity index (χ2v) is 0. The summed E-state index contributed by atoms with van der Waals surface area (Å²) in [5, 5.41) is 0. The van der Waals surface area contributed by atoms with E-state index in [9.17, 15) is 0 Å². The van der Waals surface area contributed by atoms with Gasteiger partial charge in [-0.05, 0) is 0 Å². The van der Waals surface area contributed by atoms with Crippen LogP contribution >= 0.6 is 0 Å². The molecule has 4 N–H and O–H groups in total. The summed E-state index contributed by atoms with van der Waals surface area (Å²) in [6.07, 6.45) is 0. The van der Waals surface area contributed by atoms with Gasteiger partial charge in [0.25, 0.3) is 0 Å². The van der Waals surface area contributed by atoms with Crippen molar-refractivity contribution >= 4 is 72.8 Å². The van der Waals surface area contributed by atoms with Crippen molar-refractivity contribution < 1.29 is 79.2 Å². The summed E-state index contributed by atoms with van der Waals surface area (Å²) in [5.41, 5.74) is 0. The third kappa shape index (κ3) is 49.3. The Morgan fingerprint density at radius 3 is 0.625 bits per heavy atom. The predicted molar refractivity (Wildman–Crippen MR) is 19.3 cm³/mol. The molecule has 0 fully saturated rings. The van der Waals surface area contributed by atoms with Crippen molar-refractivity contribution in [1.29, 1.82) is 0 Å². The summed E-state index contributed by atoms with van der Waals surface area (Å²) in [6.45, 7) is 0. The molecule has 0 saturated carbocycles. The average Bonchev–Trinajstić information content (AvgIpc) is 0. The van der Waals surface area contributed by atoms with Crippen LogP contribution in [-0.2, 0) is 21.7 Å². The molecular weight excluding hydrogens is 546 g/mol. The Labute approximate surface area is 148 Å². The smallest absolute Gasteiger partial charge is 0.870 e. The van der Waals surface area contributed by atoms with Gasteiger partial charge in [-0.15, -0.1) is 0 Å². The van der Waals surface area contributed by atoms with E-state index in [1.54, 1.807) is 0 Å². The standard InChI is InChI=1S/La.4H2O.Pb.Sr.Ti/h;4*1H2;;;/q+3;;;;;;+2;/p-4. The minimum Gasteiger partial charge on any atom is -0.870 e. The molecule has 0 amide bonds. The van der Waals surface area contributed by atoms with Crippen molar-refractivity contribution in [2.45, 2.75) is 0 Å². The van der Waals surface area contributed by atoms with E-state index in [1.165, 1.54) is 0 Å². The molecular formula is H4LaO4PbSrTi+. The summed E-state index contributed by atoms with van der Waals surface area (Å²) < 4.78 is 0. The SMILES string of the molecule is [La+3].[OH-].[OH-].[OH-].[OH-].[Pb].[Sr+2].[Ti]. The topological polar surface area (TPSA) is 120 Å². The first-order valence-corrected chi connectivity index (χ1v) is 0. The molecule has 0 heterocycles. The van der Waals surface area contributed by atoms with Crippen LogP contribution < -0.4 is 0 Å². The molecule has 0 bridgehead atoms. The second kappa shape index (κ2) is 66.7. The van der Waals surface area contributed by atoms with Crippen LogP contribution in [0.1, 0.15) is 0 Å². The first-order valence-electron chi connectivity index (χ1n) is 0. The van der Waals surface area contributed by atoms with Crippen LogP contribution in [0.4, 0.5) is 0 Å². The summed E-state index contributed by atoms with van der Waals surface area (Å²) in [5.74, 6) is 0. The van der Waals surface area contributed by atoms with Crippen molar-refractivity contribution in [2.75, 3.05) is 0 Å². The van der Waals surface area contributed by atoms with Crippen LogP contribution in [0.25, 0.3) is 0 Å². The Morgan fingerprint density at radius 1 is 0.625 bits per heavy atom. The molecule has 4 nitrogen and oxygen atoms in total. The normalized spacial score (nSPS) is 0. The molecule has 0 aliphatic carbocycles. The molecule has 0 rings (SSSR count). The van der Waals surface area contributed by atoms with E-state index in [1.807, 2.05) is 0 Å². The number of rotatable bonds is 0. The first kappa shape index (κ1) is 87.7. The minimum absolute atomic E-state index is 0. The van der Waals surface area contributed by atoms with E-state index in [0.717, 1.165) is 0 Å². The Bertz CT molecular complexity index is 16.0. The summed E-state index contributed by atoms with van der Waals surface area (Å²) >= 11 is 0. The van der Waals surface area contributed by atoms with Gasteiger partial charge < -0.3 is 21.9 Å². The van der Waals surface area contributed by atoms with E-state index in [2.05, 4.69) is 0 Å². The molecule has 0 aromatic rings. The molecule has 8 heavy (non-hydrogen) atoms. The molecule has 0 saturated heterocycles. The minimum atomic E-state index is 0. The maximum absolute atomic E-state index is 0. The van der Waals surface area contributed by atoms with E-state index in [-0.39, 0.29) is 152 Å². The van der Waals surface area contributed by atoms with Crippen LogP contribution in [0.5, 0.6) is 0 Å². The second-order valence-electron chi connectivity index (χ2n) is 0. The van der Waals surface area contributed by atoms with Crippen LogP contribution in [0.3, 0.4) is 0 Å². The molecule has 0 aliphatic heterocycles. The van der Waals surface area contributed by atoms with Gasteiger partial charge >= 0.3 is 81.1 Å². The fourth-order valence-corrected chi connectivity index (χ4v) is 0. The molecule has 0 aromatic carbocycles. The molecule has 8 heteroatoms. The maximum Gasteiger partial charge on any atom is 3.00 e. The van der Waals surface area contributed by atoms with Gasteiger partial charge in [-0.2, -0.15) is 0 Å². The number of hydrogen-bond acceptors (Lipinski definition) is 4. The molecule has 0 atom stereocenters. The van der Waals surface area contributed by atoms with Crippen molar-refractivity contribution in [3.05, 3.63) is 0 Å². The summed E-state index contributed by atoms with van der Waals surface area (Å²) in [4.78, 5) is 0. The molecule has 0 spiro atoms. The van der Waals surface area contributed by atoms with Crippen molar-refractivity contribution in [3.63, 3.8) is 0 Å². The van der Waals surface area contributed by atoms with Crippen molar-refractivity contribution in [2.24, 2.45) is 0 Å². The van der Waals surface area contributed by atoms with Crippen LogP contribution in [0.2, 0.25) is 0 Å². The summed E-state index contributed by atoms with van der Waals surface area (Å²) in [6, 6.07) is 0. The van der Waals surface area contributed by atoms with E-state index >= 15 is 0 Å². The zero-order chi connectivity index (χ0) is 0. The van der Waals surface area contributed by atoms with Gasteiger partial charge in [0.2, 0.25) is 0 Å². The van der Waals surface area contributed by atoms with Gasteiger partial charge in [0, 0.05) is 49.0 Å². The molecule has 0 aromatic heterocycles. The first-order chi connectivity index (χ1) is 0. The predicted octanol–water partition coefficient (Wildman–Crippen LogP) is -1.47. The average molecular weight is 550 g/mol. The van der Waals surface area contributed by atoms with Gasteiger partial charge in [0.15, 0.2) is 0 Å². The Kier molecular flexibility index (Phi) is 731. The zero-order valence-corrected chi connectivity index (χ0v) is 16.6. The summed E-state index contributed by atoms with van der Waals surface area (Å²) in [7, 11) is 0. The third-order valence-corrected chi connectivity index (χ3v) is 0. The van der Waals surface area contributed by atoms with Crippen LogP contribution in [-0.4, -0.2) is 94.7 Å². The van der Waals surface area contributed by atoms with Crippen molar-refractivity contribution in [3.8, 4) is 0 Å². The molecule has 4 radical (unpaired) electrons. The zero-order valence-electron chi connectivity index (χ0n) is 4.07. The monoisotopic (exact) mass is 551 g/mol. The fourth-order valence-electron chi connectivity index (χ4n) is 0. The largest absolute Gasteiger partial charge is 3.00 e. The van der Waals surface area contributed by atoms with Crippen LogP contribution in [0, 0.1) is 35.6 Å². The van der Waals surface area contributed by atoms with Crippen molar-refractivity contribution in [1.82, 2.24) is 0 Å². The molecule has 40 valence electrons. The van der Waals surface area contributed by atoms with Gasteiger partial charge in [-0.3, -0.25) is 0 Å². The van der Waals surface area contributed by atoms with Gasteiger partial charge in [0.1, 0.15) is 0 Å². The number of hydrogen-bond donors (Lipinski definition) is 0. The van der Waals surface area contributed by atoms with E-state index in [0.29, 0.717) is 0 Å². The fraction of sp³-hybridized carbons (Fsp3) is 0. The van der Waals surface area contributed by atoms with E-state index in [4.69, 9.17) is 0 Å². The van der Waals surface area contributed by atoms with Gasteiger partial charge in [-0.1, -0.05) is 0 Å². The maximum atomic E-state index is 0.